The maximum absolute atomic E-state index is 14.4. The Morgan fingerprint density at radius 2 is 1.68 bits per heavy atom. The normalized spacial score (nSPS) is 22.8. The number of rotatable bonds is 6. The van der Waals surface area contributed by atoms with Crippen molar-refractivity contribution in [3.63, 3.8) is 0 Å². The van der Waals surface area contributed by atoms with Gasteiger partial charge in [0.05, 0.1) is 17.8 Å². The van der Waals surface area contributed by atoms with Crippen molar-refractivity contribution in [1.82, 2.24) is 31.6 Å². The van der Waals surface area contributed by atoms with Gasteiger partial charge in [-0.1, -0.05) is 56.3 Å². The van der Waals surface area contributed by atoms with Gasteiger partial charge in [-0.05, 0) is 61.4 Å². The molecular weight excluding hydrogens is 643 g/mol. The lowest BCUT2D eigenvalue weighted by Crippen LogP contribution is -2.59. The van der Waals surface area contributed by atoms with E-state index in [-0.39, 0.29) is 42.9 Å². The van der Waals surface area contributed by atoms with Gasteiger partial charge >= 0.3 is 0 Å². The number of carbonyl (C=O) groups is 5. The fourth-order valence-electron chi connectivity index (χ4n) is 5.81. The van der Waals surface area contributed by atoms with Gasteiger partial charge in [-0.25, -0.2) is 4.39 Å². The van der Waals surface area contributed by atoms with E-state index in [1.165, 1.54) is 19.2 Å². The minimum Gasteiger partial charge on any atom is -0.491 e. The third kappa shape index (κ3) is 9.42. The molecule has 1 spiro atoms. The molecule has 50 heavy (non-hydrogen) atoms. The minimum absolute atomic E-state index is 0.0140. The highest BCUT2D eigenvalue weighted by molar-refractivity contribution is 6.00. The fraction of sp³-hybridized carbons (Fsp3) is 0.405. The van der Waals surface area contributed by atoms with E-state index in [0.29, 0.717) is 30.6 Å². The van der Waals surface area contributed by atoms with Crippen molar-refractivity contribution in [2.75, 3.05) is 6.61 Å². The third-order valence-corrected chi connectivity index (χ3v) is 8.76. The zero-order chi connectivity index (χ0) is 35.8. The van der Waals surface area contributed by atoms with E-state index < -0.39 is 53.1 Å². The molecule has 0 radical (unpaired) electrons. The van der Waals surface area contributed by atoms with E-state index in [1.807, 2.05) is 44.2 Å². The summed E-state index contributed by atoms with van der Waals surface area (Å²) in [7, 11) is 0. The molecule has 2 aromatic carbocycles. The molecule has 264 valence electrons. The summed E-state index contributed by atoms with van der Waals surface area (Å²) in [6, 6.07) is 13.8. The molecule has 5 N–H and O–H groups in total. The van der Waals surface area contributed by atoms with Gasteiger partial charge in [0.2, 0.25) is 23.6 Å². The quantitative estimate of drug-likeness (QED) is 0.248. The number of aromatic nitrogens is 1. The number of nitrogens with one attached hydrogen (secondary N) is 5. The first-order valence-electron chi connectivity index (χ1n) is 16.8. The maximum atomic E-state index is 14.4. The molecule has 3 heterocycles. The van der Waals surface area contributed by atoms with E-state index in [4.69, 9.17) is 4.74 Å². The first-order valence-corrected chi connectivity index (χ1v) is 16.8. The monoisotopic (exact) mass is 686 g/mol. The van der Waals surface area contributed by atoms with E-state index in [1.54, 1.807) is 24.3 Å². The van der Waals surface area contributed by atoms with Crippen LogP contribution in [0.25, 0.3) is 0 Å². The molecular formula is C37H43FN6O6. The van der Waals surface area contributed by atoms with E-state index in [9.17, 15) is 28.4 Å². The van der Waals surface area contributed by atoms with Crippen LogP contribution in [0, 0.1) is 11.7 Å². The Morgan fingerprint density at radius 3 is 2.34 bits per heavy atom. The molecule has 3 aromatic rings. The lowest BCUT2D eigenvalue weighted by molar-refractivity contribution is -0.134. The van der Waals surface area contributed by atoms with Crippen LogP contribution >= 0.6 is 0 Å². The van der Waals surface area contributed by atoms with Gasteiger partial charge in [-0.2, -0.15) is 0 Å². The number of pyridine rings is 1. The van der Waals surface area contributed by atoms with Crippen molar-refractivity contribution >= 4 is 29.5 Å². The fourth-order valence-corrected chi connectivity index (χ4v) is 5.81. The molecule has 12 nitrogen and oxygen atoms in total. The highest BCUT2D eigenvalue weighted by Crippen LogP contribution is 2.36. The highest BCUT2D eigenvalue weighted by Gasteiger charge is 2.52. The average Bonchev–Trinajstić information content (AvgIpc) is 3.87. The van der Waals surface area contributed by atoms with Crippen molar-refractivity contribution in [3.05, 3.63) is 95.6 Å². The van der Waals surface area contributed by atoms with Gasteiger partial charge in [-0.15, -0.1) is 0 Å². The number of nitrogens with zero attached hydrogens (tertiary/aromatic N) is 1. The molecule has 3 aliphatic rings. The second-order valence-electron chi connectivity index (χ2n) is 13.4. The Labute approximate surface area is 290 Å². The standard InChI is InChI=1S/C37H43FN6O6/c1-22(2)17-26-21-50-27-11-9-25(10-12-27)19-30(42-33(46)28-13-16-39-20-29(28)38)34(47)40-23(3)32(45)44-37(14-15-37)36(49)43-31(35(48)41-26)18-24-7-5-4-6-8-24/h4-13,16,20,22-23,26,30-31H,14-15,17-19,21H2,1-3H3,(H,40,47)(H,41,48)(H,42,46)(H,43,49)(H,44,45)/t23-,26+,30+,31-/m1/s1. The number of hydrogen-bond acceptors (Lipinski definition) is 7. The zero-order valence-electron chi connectivity index (χ0n) is 28.3. The second kappa shape index (κ2) is 15.9. The Kier molecular flexibility index (Phi) is 11.5. The van der Waals surface area contributed by atoms with E-state index >= 15 is 0 Å². The number of benzene rings is 2. The summed E-state index contributed by atoms with van der Waals surface area (Å²) in [5.74, 6) is -3.11. The van der Waals surface area contributed by atoms with Gasteiger partial charge < -0.3 is 31.3 Å². The van der Waals surface area contributed by atoms with Gasteiger partial charge in [0, 0.05) is 19.0 Å². The first kappa shape index (κ1) is 36.0. The number of hydrogen-bond donors (Lipinski definition) is 5. The Bertz CT molecular complexity index is 1700. The molecule has 13 heteroatoms. The predicted octanol–water partition coefficient (Wildman–Crippen LogP) is 2.37. The smallest absolute Gasteiger partial charge is 0.255 e. The molecule has 2 bridgehead atoms. The SMILES string of the molecule is CC(C)C[C@H]1COc2ccc(cc2)C[C@H](NC(=O)c2ccncc2F)C(=O)N[C@H](C)C(=O)NC2(CC2)C(=O)N[C@H](Cc2ccccc2)C(=O)N1. The minimum atomic E-state index is -1.25. The van der Waals surface area contributed by atoms with Crippen LogP contribution in [-0.2, 0) is 32.0 Å². The Morgan fingerprint density at radius 1 is 0.960 bits per heavy atom. The topological polar surface area (TPSA) is 168 Å². The lowest BCUT2D eigenvalue weighted by Gasteiger charge is -2.27. The molecule has 1 fully saturated rings. The van der Waals surface area contributed by atoms with Crippen molar-refractivity contribution in [2.45, 2.75) is 82.6 Å². The van der Waals surface area contributed by atoms with Crippen LogP contribution < -0.4 is 31.3 Å². The second-order valence-corrected chi connectivity index (χ2v) is 13.4. The van der Waals surface area contributed by atoms with Crippen LogP contribution in [0.15, 0.2) is 73.1 Å². The van der Waals surface area contributed by atoms with Crippen LogP contribution in [0.2, 0.25) is 0 Å². The summed E-state index contributed by atoms with van der Waals surface area (Å²) >= 11 is 0. The molecule has 1 aromatic heterocycles. The van der Waals surface area contributed by atoms with Crippen LogP contribution in [0.3, 0.4) is 0 Å². The number of ether oxygens (including phenoxy) is 1. The number of amides is 5. The molecule has 0 unspecified atom stereocenters. The summed E-state index contributed by atoms with van der Waals surface area (Å²) < 4.78 is 20.5. The summed E-state index contributed by atoms with van der Waals surface area (Å²) in [6.07, 6.45) is 3.71. The summed E-state index contributed by atoms with van der Waals surface area (Å²) in [4.78, 5) is 71.1. The zero-order valence-corrected chi connectivity index (χ0v) is 28.3. The van der Waals surface area contributed by atoms with Crippen molar-refractivity contribution < 1.29 is 33.1 Å². The lowest BCUT2D eigenvalue weighted by atomic mass is 10.0. The van der Waals surface area contributed by atoms with Crippen molar-refractivity contribution in [2.24, 2.45) is 5.92 Å². The van der Waals surface area contributed by atoms with E-state index in [2.05, 4.69) is 31.6 Å². The molecule has 1 saturated carbocycles. The first-order chi connectivity index (χ1) is 23.9. The van der Waals surface area contributed by atoms with Crippen LogP contribution in [0.5, 0.6) is 5.75 Å². The van der Waals surface area contributed by atoms with E-state index in [0.717, 1.165) is 11.8 Å². The maximum Gasteiger partial charge on any atom is 0.255 e. The number of halogens is 1. The number of fused-ring (bicyclic) bond motifs is 15. The van der Waals surface area contributed by atoms with Gasteiger partial charge in [0.15, 0.2) is 5.82 Å². The molecule has 5 amide bonds. The Hall–Kier alpha value is -5.33. The van der Waals surface area contributed by atoms with Crippen LogP contribution in [0.1, 0.15) is 61.5 Å². The molecule has 0 saturated heterocycles. The largest absolute Gasteiger partial charge is 0.491 e. The van der Waals surface area contributed by atoms with Crippen LogP contribution in [0.4, 0.5) is 4.39 Å². The van der Waals surface area contributed by atoms with Crippen molar-refractivity contribution in [3.8, 4) is 5.75 Å². The van der Waals surface area contributed by atoms with Crippen molar-refractivity contribution in [1.29, 1.82) is 0 Å². The van der Waals surface area contributed by atoms with Gasteiger partial charge in [0.25, 0.3) is 5.91 Å². The molecule has 2 aliphatic heterocycles. The highest BCUT2D eigenvalue weighted by atomic mass is 19.1. The molecule has 1 aliphatic carbocycles. The summed E-state index contributed by atoms with van der Waals surface area (Å²) in [6.45, 7) is 5.69. The van der Waals surface area contributed by atoms with Crippen LogP contribution in [-0.4, -0.2) is 70.8 Å². The van der Waals surface area contributed by atoms with Gasteiger partial charge in [0.1, 0.15) is 36.0 Å². The molecule has 6 rings (SSSR count). The Balaban J connectivity index is 1.43. The average molecular weight is 687 g/mol. The molecule has 4 atom stereocenters. The predicted molar refractivity (Wildman–Crippen MR) is 182 cm³/mol. The number of carbonyl (C=O) groups excluding carboxylic acids is 5. The summed E-state index contributed by atoms with van der Waals surface area (Å²) in [5.41, 5.74) is -0.0361. The van der Waals surface area contributed by atoms with Gasteiger partial charge in [-0.3, -0.25) is 29.0 Å². The summed E-state index contributed by atoms with van der Waals surface area (Å²) in [5, 5.41) is 13.9. The third-order valence-electron chi connectivity index (χ3n) is 8.76.